The number of benzene rings is 1. The first-order valence-electron chi connectivity index (χ1n) is 7.83. The molecule has 20 heavy (non-hydrogen) atoms. The minimum atomic E-state index is 0.696. The van der Waals surface area contributed by atoms with E-state index in [1.807, 2.05) is 0 Å². The molecule has 1 aliphatic heterocycles. The second-order valence-corrected chi connectivity index (χ2v) is 6.14. The maximum Gasteiger partial charge on any atom is 0.0369 e. The molecule has 1 unspecified atom stereocenters. The van der Waals surface area contributed by atoms with Crippen LogP contribution in [0.4, 0.5) is 5.69 Å². The van der Waals surface area contributed by atoms with E-state index in [4.69, 9.17) is 0 Å². The smallest absolute Gasteiger partial charge is 0.0369 e. The van der Waals surface area contributed by atoms with Crippen molar-refractivity contribution in [2.24, 2.45) is 0 Å². The molecule has 1 aromatic carbocycles. The van der Waals surface area contributed by atoms with E-state index in [-0.39, 0.29) is 0 Å². The van der Waals surface area contributed by atoms with Gasteiger partial charge in [0.15, 0.2) is 0 Å². The van der Waals surface area contributed by atoms with Crippen molar-refractivity contribution >= 4 is 5.69 Å². The van der Waals surface area contributed by atoms with Gasteiger partial charge in [0.2, 0.25) is 0 Å². The Morgan fingerprint density at radius 2 is 2.15 bits per heavy atom. The fourth-order valence-electron chi connectivity index (χ4n) is 2.87. The summed E-state index contributed by atoms with van der Waals surface area (Å²) in [6, 6.07) is 7.62. The highest BCUT2D eigenvalue weighted by Crippen LogP contribution is 2.24. The summed E-state index contributed by atoms with van der Waals surface area (Å²) in [7, 11) is 4.36. The molecule has 1 N–H and O–H groups in total. The Morgan fingerprint density at radius 1 is 1.35 bits per heavy atom. The van der Waals surface area contributed by atoms with Crippen LogP contribution in [0.1, 0.15) is 30.9 Å². The van der Waals surface area contributed by atoms with Crippen molar-refractivity contribution in [3.8, 4) is 0 Å². The van der Waals surface area contributed by atoms with Gasteiger partial charge in [0.25, 0.3) is 0 Å². The summed E-state index contributed by atoms with van der Waals surface area (Å²) in [6.07, 6.45) is 2.46. The van der Waals surface area contributed by atoms with Crippen molar-refractivity contribution in [1.29, 1.82) is 0 Å². The van der Waals surface area contributed by atoms with Crippen LogP contribution in [0, 0.1) is 6.92 Å². The molecule has 0 radical (unpaired) electrons. The number of nitrogens with one attached hydrogen (secondary N) is 1. The van der Waals surface area contributed by atoms with Gasteiger partial charge >= 0.3 is 0 Å². The number of hydrogen-bond acceptors (Lipinski definition) is 3. The van der Waals surface area contributed by atoms with Gasteiger partial charge in [-0.15, -0.1) is 0 Å². The maximum absolute atomic E-state index is 3.48. The molecule has 2 rings (SSSR count). The first-order valence-corrected chi connectivity index (χ1v) is 7.83. The molecular formula is C17H29N3. The van der Waals surface area contributed by atoms with Gasteiger partial charge in [-0.3, -0.25) is 0 Å². The molecule has 0 bridgehead atoms. The topological polar surface area (TPSA) is 18.5 Å². The molecule has 0 aliphatic carbocycles. The highest BCUT2D eigenvalue weighted by Gasteiger charge is 2.24. The molecule has 0 spiro atoms. The van der Waals surface area contributed by atoms with Crippen LogP contribution in [0.3, 0.4) is 0 Å². The predicted octanol–water partition coefficient (Wildman–Crippen LogP) is 2.63. The van der Waals surface area contributed by atoms with Crippen molar-refractivity contribution in [1.82, 2.24) is 10.2 Å². The van der Waals surface area contributed by atoms with Gasteiger partial charge in [0, 0.05) is 31.4 Å². The molecule has 1 fully saturated rings. The number of hydrogen-bond donors (Lipinski definition) is 1. The molecule has 3 nitrogen and oxygen atoms in total. The Kier molecular flexibility index (Phi) is 5.44. The van der Waals surface area contributed by atoms with Crippen molar-refractivity contribution in [3.63, 3.8) is 0 Å². The number of nitrogens with zero attached hydrogens (tertiary/aromatic N) is 2. The lowest BCUT2D eigenvalue weighted by atomic mass is 10.1. The van der Waals surface area contributed by atoms with E-state index in [1.54, 1.807) is 0 Å². The van der Waals surface area contributed by atoms with Gasteiger partial charge in [-0.2, -0.15) is 0 Å². The summed E-state index contributed by atoms with van der Waals surface area (Å²) >= 11 is 0. The number of aryl methyl sites for hydroxylation is 1. The highest BCUT2D eigenvalue weighted by atomic mass is 15.2. The van der Waals surface area contributed by atoms with Gasteiger partial charge in [-0.05, 0) is 63.7 Å². The molecule has 0 saturated carbocycles. The van der Waals surface area contributed by atoms with Gasteiger partial charge in [-0.25, -0.2) is 0 Å². The zero-order chi connectivity index (χ0) is 14.5. The van der Waals surface area contributed by atoms with Crippen LogP contribution in [0.5, 0.6) is 0 Å². The van der Waals surface area contributed by atoms with Crippen LogP contribution < -0.4 is 10.2 Å². The SMILES string of the molecule is CCCNCc1ccc(N2CCC(N(C)C)C2)cc1C. The predicted molar refractivity (Wildman–Crippen MR) is 87.5 cm³/mol. The molecule has 3 heteroatoms. The first-order chi connectivity index (χ1) is 9.61. The molecule has 1 saturated heterocycles. The Morgan fingerprint density at radius 3 is 2.75 bits per heavy atom. The van der Waals surface area contributed by atoms with Crippen LogP contribution >= 0.6 is 0 Å². The maximum atomic E-state index is 3.48. The third kappa shape index (κ3) is 3.74. The number of rotatable bonds is 6. The standard InChI is InChI=1S/C17H29N3/c1-5-9-18-12-15-6-7-16(11-14(15)2)20-10-8-17(13-20)19(3)4/h6-7,11,17-18H,5,8-10,12-13H2,1-4H3. The average Bonchev–Trinajstić information content (AvgIpc) is 2.90. The Balaban J connectivity index is 1.98. The molecule has 112 valence electrons. The zero-order valence-electron chi connectivity index (χ0n) is 13.4. The van der Waals surface area contributed by atoms with E-state index < -0.39 is 0 Å². The second kappa shape index (κ2) is 7.09. The Bertz CT molecular complexity index is 428. The second-order valence-electron chi connectivity index (χ2n) is 6.14. The largest absolute Gasteiger partial charge is 0.370 e. The highest BCUT2D eigenvalue weighted by molar-refractivity contribution is 5.51. The summed E-state index contributed by atoms with van der Waals surface area (Å²) in [4.78, 5) is 4.86. The van der Waals surface area contributed by atoms with E-state index >= 15 is 0 Å². The zero-order valence-corrected chi connectivity index (χ0v) is 13.4. The van der Waals surface area contributed by atoms with Crippen molar-refractivity contribution < 1.29 is 0 Å². The first kappa shape index (κ1) is 15.3. The monoisotopic (exact) mass is 275 g/mol. The van der Waals surface area contributed by atoms with E-state index in [0.29, 0.717) is 6.04 Å². The number of anilines is 1. The minimum absolute atomic E-state index is 0.696. The van der Waals surface area contributed by atoms with Crippen LogP contribution in [0.15, 0.2) is 18.2 Å². The van der Waals surface area contributed by atoms with Gasteiger partial charge in [0.05, 0.1) is 0 Å². The van der Waals surface area contributed by atoms with E-state index in [2.05, 4.69) is 61.3 Å². The van der Waals surface area contributed by atoms with E-state index in [0.717, 1.165) is 19.6 Å². The fraction of sp³-hybridized carbons (Fsp3) is 0.647. The molecule has 1 aromatic rings. The van der Waals surface area contributed by atoms with Crippen LogP contribution in [0.2, 0.25) is 0 Å². The summed E-state index contributed by atoms with van der Waals surface area (Å²) in [5, 5.41) is 3.48. The van der Waals surface area contributed by atoms with Gasteiger partial charge in [-0.1, -0.05) is 13.0 Å². The summed E-state index contributed by atoms with van der Waals surface area (Å²) < 4.78 is 0. The van der Waals surface area contributed by atoms with E-state index in [1.165, 1.54) is 36.2 Å². The lowest BCUT2D eigenvalue weighted by Crippen LogP contribution is -2.31. The number of likely N-dealkylation sites (N-methyl/N-ethyl adjacent to an activating group) is 1. The van der Waals surface area contributed by atoms with Crippen molar-refractivity contribution in [3.05, 3.63) is 29.3 Å². The molecular weight excluding hydrogens is 246 g/mol. The van der Waals surface area contributed by atoms with Crippen molar-refractivity contribution in [2.45, 2.75) is 39.3 Å². The van der Waals surface area contributed by atoms with Crippen LogP contribution in [-0.2, 0) is 6.54 Å². The summed E-state index contributed by atoms with van der Waals surface area (Å²) in [5.74, 6) is 0. The van der Waals surface area contributed by atoms with Gasteiger partial charge < -0.3 is 15.1 Å². The Hall–Kier alpha value is -1.06. The quantitative estimate of drug-likeness (QED) is 0.805. The van der Waals surface area contributed by atoms with Gasteiger partial charge in [0.1, 0.15) is 0 Å². The molecule has 1 aliphatic rings. The third-order valence-electron chi connectivity index (χ3n) is 4.33. The van der Waals surface area contributed by atoms with Crippen LogP contribution in [-0.4, -0.2) is 44.7 Å². The molecule has 0 amide bonds. The van der Waals surface area contributed by atoms with Crippen molar-refractivity contribution in [2.75, 3.05) is 38.6 Å². The summed E-state index contributed by atoms with van der Waals surface area (Å²) in [5.41, 5.74) is 4.20. The lowest BCUT2D eigenvalue weighted by molar-refractivity contribution is 0.315. The lowest BCUT2D eigenvalue weighted by Gasteiger charge is -2.22. The molecule has 1 atom stereocenters. The average molecular weight is 275 g/mol. The fourth-order valence-corrected chi connectivity index (χ4v) is 2.87. The summed E-state index contributed by atoms with van der Waals surface area (Å²) in [6.45, 7) is 8.84. The minimum Gasteiger partial charge on any atom is -0.370 e. The normalized spacial score (nSPS) is 19.1. The third-order valence-corrected chi connectivity index (χ3v) is 4.33. The molecule has 1 heterocycles. The molecule has 0 aromatic heterocycles. The Labute approximate surface area is 124 Å². The van der Waals surface area contributed by atoms with E-state index in [9.17, 15) is 0 Å². The van der Waals surface area contributed by atoms with Crippen LogP contribution in [0.25, 0.3) is 0 Å².